The zero-order valence-electron chi connectivity index (χ0n) is 23.6. The van der Waals surface area contributed by atoms with Gasteiger partial charge in [0, 0.05) is 12.7 Å². The highest BCUT2D eigenvalue weighted by molar-refractivity contribution is 7.07. The molecule has 2 heterocycles. The highest BCUT2D eigenvalue weighted by atomic mass is 32.1. The maximum Gasteiger partial charge on any atom is 0.338 e. The molecule has 10 heteroatoms. The van der Waals surface area contributed by atoms with Gasteiger partial charge < -0.3 is 23.7 Å². The highest BCUT2D eigenvalue weighted by Gasteiger charge is 2.36. The standard InChI is InChI=1S/C30H34N2O7S/c1-7-13-38-27-21(9-8-10-22(27)36-5)26-25(29(34)39-15-14-35-4)19(3)31-30-32(26)28(33)24(40-30)17-20-12-11-18(2)23(16-20)37-6/h8-12,16-17,26H,7,13-15H2,1-6H3/b24-17+/t26-/m1/s1. The van der Waals surface area contributed by atoms with Crippen LogP contribution in [0.1, 0.15) is 43.0 Å². The Morgan fingerprint density at radius 2 is 1.82 bits per heavy atom. The first-order valence-corrected chi connectivity index (χ1v) is 13.8. The van der Waals surface area contributed by atoms with Crippen molar-refractivity contribution in [2.75, 3.05) is 41.2 Å². The Kier molecular flexibility index (Phi) is 9.44. The Morgan fingerprint density at radius 3 is 2.52 bits per heavy atom. The smallest absolute Gasteiger partial charge is 0.338 e. The minimum Gasteiger partial charge on any atom is -0.496 e. The molecule has 0 spiro atoms. The molecule has 0 radical (unpaired) electrons. The maximum atomic E-state index is 14.0. The molecule has 0 N–H and O–H groups in total. The van der Waals surface area contributed by atoms with Gasteiger partial charge in [0.2, 0.25) is 0 Å². The van der Waals surface area contributed by atoms with Gasteiger partial charge in [-0.05, 0) is 49.6 Å². The first kappa shape index (κ1) is 29.1. The topological polar surface area (TPSA) is 97.6 Å². The number of hydrogen-bond acceptors (Lipinski definition) is 9. The van der Waals surface area contributed by atoms with Gasteiger partial charge in [-0.3, -0.25) is 9.36 Å². The molecule has 1 aliphatic heterocycles. The summed E-state index contributed by atoms with van der Waals surface area (Å²) in [6.07, 6.45) is 2.57. The Morgan fingerprint density at radius 1 is 1.05 bits per heavy atom. The molecule has 3 aromatic rings. The highest BCUT2D eigenvalue weighted by Crippen LogP contribution is 2.40. The number of carbonyl (C=O) groups is 1. The first-order valence-electron chi connectivity index (χ1n) is 13.0. The van der Waals surface area contributed by atoms with Crippen LogP contribution in [0, 0.1) is 6.92 Å². The Balaban J connectivity index is 1.96. The number of esters is 1. The van der Waals surface area contributed by atoms with Crippen LogP contribution in [0.4, 0.5) is 0 Å². The number of nitrogens with zero attached hydrogens (tertiary/aromatic N) is 2. The summed E-state index contributed by atoms with van der Waals surface area (Å²) in [5.41, 5.74) is 2.83. The number of carbonyl (C=O) groups excluding carboxylic acids is 1. The molecule has 212 valence electrons. The lowest BCUT2D eigenvalue weighted by atomic mass is 9.94. The molecule has 0 saturated carbocycles. The second-order valence-corrected chi connectivity index (χ2v) is 10.2. The van der Waals surface area contributed by atoms with Crippen molar-refractivity contribution in [1.82, 2.24) is 4.57 Å². The lowest BCUT2D eigenvalue weighted by Gasteiger charge is -2.27. The molecular formula is C30H34N2O7S. The first-order chi connectivity index (χ1) is 19.3. The predicted octanol–water partition coefficient (Wildman–Crippen LogP) is 3.54. The van der Waals surface area contributed by atoms with Gasteiger partial charge in [-0.1, -0.05) is 42.5 Å². The molecule has 9 nitrogen and oxygen atoms in total. The number of para-hydroxylation sites is 1. The number of ether oxygens (including phenoxy) is 5. The summed E-state index contributed by atoms with van der Waals surface area (Å²) < 4.78 is 29.8. The lowest BCUT2D eigenvalue weighted by Crippen LogP contribution is -2.40. The molecule has 1 aromatic heterocycles. The van der Waals surface area contributed by atoms with Crippen LogP contribution in [0.15, 0.2) is 57.5 Å². The summed E-state index contributed by atoms with van der Waals surface area (Å²) in [4.78, 5) is 32.6. The van der Waals surface area contributed by atoms with Crippen LogP contribution < -0.4 is 29.1 Å². The van der Waals surface area contributed by atoms with E-state index in [4.69, 9.17) is 23.7 Å². The number of aryl methyl sites for hydroxylation is 1. The number of fused-ring (bicyclic) bond motifs is 1. The number of hydrogen-bond donors (Lipinski definition) is 0. The number of methoxy groups -OCH3 is 3. The van der Waals surface area contributed by atoms with Gasteiger partial charge in [0.1, 0.15) is 18.4 Å². The van der Waals surface area contributed by atoms with Crippen LogP contribution >= 0.6 is 11.3 Å². The van der Waals surface area contributed by atoms with E-state index < -0.39 is 12.0 Å². The van der Waals surface area contributed by atoms with Gasteiger partial charge >= 0.3 is 5.97 Å². The zero-order valence-corrected chi connectivity index (χ0v) is 24.4. The number of benzene rings is 2. The molecule has 1 aliphatic rings. The summed E-state index contributed by atoms with van der Waals surface area (Å²) in [6, 6.07) is 10.3. The monoisotopic (exact) mass is 566 g/mol. The molecular weight excluding hydrogens is 532 g/mol. The fraction of sp³-hybridized carbons (Fsp3) is 0.367. The molecule has 0 fully saturated rings. The van der Waals surface area contributed by atoms with Crippen molar-refractivity contribution in [3.05, 3.63) is 84.0 Å². The van der Waals surface area contributed by atoms with Crippen molar-refractivity contribution >= 4 is 23.4 Å². The predicted molar refractivity (Wildman–Crippen MR) is 153 cm³/mol. The quantitative estimate of drug-likeness (QED) is 0.259. The van der Waals surface area contributed by atoms with Gasteiger partial charge in [0.25, 0.3) is 5.56 Å². The molecule has 4 rings (SSSR count). The molecule has 0 bridgehead atoms. The van der Waals surface area contributed by atoms with E-state index in [1.165, 1.54) is 23.0 Å². The van der Waals surface area contributed by atoms with Gasteiger partial charge in [-0.15, -0.1) is 0 Å². The SMILES string of the molecule is CCCOc1c(OC)cccc1[C@@H]1C(C(=O)OCCOC)=C(C)N=c2s/c(=C/c3ccc(C)c(OC)c3)c(=O)n21. The minimum absolute atomic E-state index is 0.0653. The molecule has 2 aromatic carbocycles. The van der Waals surface area contributed by atoms with E-state index in [1.807, 2.05) is 44.2 Å². The molecule has 0 unspecified atom stereocenters. The summed E-state index contributed by atoms with van der Waals surface area (Å²) in [5.74, 6) is 1.11. The summed E-state index contributed by atoms with van der Waals surface area (Å²) in [5, 5.41) is 0. The number of allylic oxidation sites excluding steroid dienone is 1. The summed E-state index contributed by atoms with van der Waals surface area (Å²) in [6.45, 7) is 6.44. The molecule has 0 aliphatic carbocycles. The van der Waals surface area contributed by atoms with E-state index >= 15 is 0 Å². The third-order valence-electron chi connectivity index (χ3n) is 6.47. The van der Waals surface area contributed by atoms with Gasteiger partial charge in [-0.2, -0.15) is 0 Å². The fourth-order valence-corrected chi connectivity index (χ4v) is 5.56. The van der Waals surface area contributed by atoms with Crippen molar-refractivity contribution in [1.29, 1.82) is 0 Å². The Hall–Kier alpha value is -3.89. The number of rotatable bonds is 11. The second-order valence-electron chi connectivity index (χ2n) is 9.17. The van der Waals surface area contributed by atoms with E-state index in [-0.39, 0.29) is 24.3 Å². The molecule has 1 atom stereocenters. The Labute approximate surface area is 236 Å². The van der Waals surface area contributed by atoms with Crippen LogP contribution in [-0.2, 0) is 14.3 Å². The second kappa shape index (κ2) is 13.0. The largest absolute Gasteiger partial charge is 0.496 e. The van der Waals surface area contributed by atoms with E-state index in [0.717, 1.165) is 23.3 Å². The van der Waals surface area contributed by atoms with Gasteiger partial charge in [0.15, 0.2) is 16.3 Å². The van der Waals surface area contributed by atoms with E-state index in [9.17, 15) is 9.59 Å². The van der Waals surface area contributed by atoms with Crippen LogP contribution in [0.3, 0.4) is 0 Å². The zero-order chi connectivity index (χ0) is 28.8. The lowest BCUT2D eigenvalue weighted by molar-refractivity contribution is -0.140. The minimum atomic E-state index is -0.844. The number of thiazole rings is 1. The average molecular weight is 567 g/mol. The van der Waals surface area contributed by atoms with Crippen molar-refractivity contribution in [2.45, 2.75) is 33.2 Å². The summed E-state index contributed by atoms with van der Waals surface area (Å²) >= 11 is 1.25. The number of aromatic nitrogens is 1. The van der Waals surface area contributed by atoms with Crippen LogP contribution in [0.5, 0.6) is 17.2 Å². The van der Waals surface area contributed by atoms with Gasteiger partial charge in [-0.25, -0.2) is 9.79 Å². The van der Waals surface area contributed by atoms with Crippen molar-refractivity contribution in [3.8, 4) is 17.2 Å². The maximum absolute atomic E-state index is 14.0. The van der Waals surface area contributed by atoms with Gasteiger partial charge in [0.05, 0.1) is 43.2 Å². The molecule has 0 saturated heterocycles. The summed E-state index contributed by atoms with van der Waals surface area (Å²) in [7, 11) is 4.70. The Bertz CT molecular complexity index is 1600. The van der Waals surface area contributed by atoms with E-state index in [1.54, 1.807) is 33.3 Å². The molecule has 0 amide bonds. The fourth-order valence-electron chi connectivity index (χ4n) is 4.52. The van der Waals surface area contributed by atoms with Crippen molar-refractivity contribution < 1.29 is 28.5 Å². The third kappa shape index (κ3) is 5.83. The van der Waals surface area contributed by atoms with Crippen LogP contribution in [0.2, 0.25) is 0 Å². The van der Waals surface area contributed by atoms with E-state index in [0.29, 0.717) is 38.7 Å². The van der Waals surface area contributed by atoms with Crippen molar-refractivity contribution in [2.24, 2.45) is 4.99 Å². The normalized spacial score (nSPS) is 14.9. The van der Waals surface area contributed by atoms with E-state index in [2.05, 4.69) is 4.99 Å². The van der Waals surface area contributed by atoms with Crippen LogP contribution in [0.25, 0.3) is 6.08 Å². The third-order valence-corrected chi connectivity index (χ3v) is 7.45. The molecule has 40 heavy (non-hydrogen) atoms. The van der Waals surface area contributed by atoms with Crippen molar-refractivity contribution in [3.63, 3.8) is 0 Å². The van der Waals surface area contributed by atoms with Crippen LogP contribution in [-0.4, -0.2) is 51.7 Å². The average Bonchev–Trinajstić information content (AvgIpc) is 3.25.